The van der Waals surface area contributed by atoms with Crippen molar-refractivity contribution >= 4 is 21.6 Å². The minimum absolute atomic E-state index is 0.782. The zero-order chi connectivity index (χ0) is 14.1. The Morgan fingerprint density at radius 3 is 2.14 bits per heavy atom. The van der Waals surface area contributed by atoms with Crippen molar-refractivity contribution in [2.75, 3.05) is 0 Å². The number of fused-ring (bicyclic) bond motifs is 1. The molecule has 0 amide bonds. The summed E-state index contributed by atoms with van der Waals surface area (Å²) in [6.07, 6.45) is 1.93. The SMILES string of the molecule is c1ccc(-c2ncc3c(-c4ccccc4)csc3n2)cc1. The third kappa shape index (κ3) is 2.22. The lowest BCUT2D eigenvalue weighted by Crippen LogP contribution is -1.87. The molecule has 0 unspecified atom stereocenters. The van der Waals surface area contributed by atoms with E-state index >= 15 is 0 Å². The summed E-state index contributed by atoms with van der Waals surface area (Å²) in [5.41, 5.74) is 3.46. The second-order valence-electron chi connectivity index (χ2n) is 4.79. The van der Waals surface area contributed by atoms with Crippen molar-refractivity contribution in [3.05, 3.63) is 72.2 Å². The lowest BCUT2D eigenvalue weighted by molar-refractivity contribution is 1.24. The first kappa shape index (κ1) is 12.2. The molecule has 0 atom stereocenters. The summed E-state index contributed by atoms with van der Waals surface area (Å²) in [4.78, 5) is 10.3. The molecule has 4 aromatic rings. The summed E-state index contributed by atoms with van der Waals surface area (Å²) in [7, 11) is 0. The molecule has 0 N–H and O–H groups in total. The van der Waals surface area contributed by atoms with Crippen LogP contribution >= 0.6 is 11.3 Å². The Labute approximate surface area is 126 Å². The summed E-state index contributed by atoms with van der Waals surface area (Å²) in [5, 5.41) is 3.27. The molecule has 100 valence electrons. The smallest absolute Gasteiger partial charge is 0.160 e. The topological polar surface area (TPSA) is 25.8 Å². The maximum Gasteiger partial charge on any atom is 0.160 e. The van der Waals surface area contributed by atoms with Crippen molar-refractivity contribution < 1.29 is 0 Å². The van der Waals surface area contributed by atoms with Gasteiger partial charge in [0.15, 0.2) is 5.82 Å². The molecule has 21 heavy (non-hydrogen) atoms. The average molecular weight is 288 g/mol. The van der Waals surface area contributed by atoms with E-state index in [1.807, 2.05) is 42.6 Å². The van der Waals surface area contributed by atoms with Crippen molar-refractivity contribution in [1.82, 2.24) is 9.97 Å². The fourth-order valence-electron chi connectivity index (χ4n) is 2.39. The van der Waals surface area contributed by atoms with Gasteiger partial charge in [-0.05, 0) is 5.56 Å². The van der Waals surface area contributed by atoms with E-state index in [1.165, 1.54) is 11.1 Å². The molecule has 0 aliphatic rings. The van der Waals surface area contributed by atoms with Crippen molar-refractivity contribution in [2.45, 2.75) is 0 Å². The maximum absolute atomic E-state index is 4.70. The van der Waals surface area contributed by atoms with Crippen LogP contribution in [0.15, 0.2) is 72.2 Å². The first-order valence-electron chi connectivity index (χ1n) is 6.77. The minimum atomic E-state index is 0.782. The van der Waals surface area contributed by atoms with Crippen molar-refractivity contribution in [1.29, 1.82) is 0 Å². The van der Waals surface area contributed by atoms with Crippen LogP contribution in [0.5, 0.6) is 0 Å². The number of hydrogen-bond acceptors (Lipinski definition) is 3. The quantitative estimate of drug-likeness (QED) is 0.517. The summed E-state index contributed by atoms with van der Waals surface area (Å²) in [5.74, 6) is 0.782. The third-order valence-electron chi connectivity index (χ3n) is 3.45. The van der Waals surface area contributed by atoms with Crippen LogP contribution in [0.4, 0.5) is 0 Å². The van der Waals surface area contributed by atoms with Gasteiger partial charge in [-0.25, -0.2) is 9.97 Å². The number of thiophene rings is 1. The molecule has 0 fully saturated rings. The highest BCUT2D eigenvalue weighted by Gasteiger charge is 2.09. The van der Waals surface area contributed by atoms with Gasteiger partial charge in [-0.2, -0.15) is 0 Å². The largest absolute Gasteiger partial charge is 0.236 e. The molecular weight excluding hydrogens is 276 g/mol. The van der Waals surface area contributed by atoms with E-state index in [-0.39, 0.29) is 0 Å². The van der Waals surface area contributed by atoms with E-state index in [0.29, 0.717) is 0 Å². The molecule has 2 nitrogen and oxygen atoms in total. The van der Waals surface area contributed by atoms with Crippen LogP contribution in [0.2, 0.25) is 0 Å². The van der Waals surface area contributed by atoms with Gasteiger partial charge in [0.2, 0.25) is 0 Å². The summed E-state index contributed by atoms with van der Waals surface area (Å²) in [6.45, 7) is 0. The third-order valence-corrected chi connectivity index (χ3v) is 4.34. The molecule has 0 radical (unpaired) electrons. The summed E-state index contributed by atoms with van der Waals surface area (Å²) < 4.78 is 0. The number of benzene rings is 2. The highest BCUT2D eigenvalue weighted by Crippen LogP contribution is 2.33. The number of aromatic nitrogens is 2. The number of hydrogen-bond donors (Lipinski definition) is 0. The van der Waals surface area contributed by atoms with Gasteiger partial charge in [0.25, 0.3) is 0 Å². The van der Waals surface area contributed by atoms with Crippen molar-refractivity contribution in [2.24, 2.45) is 0 Å². The Balaban J connectivity index is 1.85. The van der Waals surface area contributed by atoms with Crippen LogP contribution in [0.1, 0.15) is 0 Å². The van der Waals surface area contributed by atoms with Crippen LogP contribution in [-0.2, 0) is 0 Å². The molecule has 0 spiro atoms. The Hall–Kier alpha value is -2.52. The van der Waals surface area contributed by atoms with Gasteiger partial charge in [-0.3, -0.25) is 0 Å². The Bertz CT molecular complexity index is 883. The van der Waals surface area contributed by atoms with Gasteiger partial charge in [-0.15, -0.1) is 11.3 Å². The van der Waals surface area contributed by atoms with Gasteiger partial charge in [-0.1, -0.05) is 60.7 Å². The van der Waals surface area contributed by atoms with E-state index in [9.17, 15) is 0 Å². The molecular formula is C18H12N2S. The van der Waals surface area contributed by atoms with Gasteiger partial charge in [0.1, 0.15) is 4.83 Å². The number of rotatable bonds is 2. The highest BCUT2D eigenvalue weighted by molar-refractivity contribution is 7.17. The molecule has 0 saturated heterocycles. The fourth-order valence-corrected chi connectivity index (χ4v) is 3.31. The van der Waals surface area contributed by atoms with Gasteiger partial charge in [0.05, 0.1) is 0 Å². The summed E-state index contributed by atoms with van der Waals surface area (Å²) in [6, 6.07) is 20.5. The predicted molar refractivity (Wildman–Crippen MR) is 88.3 cm³/mol. The first-order chi connectivity index (χ1) is 10.4. The molecule has 3 heteroatoms. The van der Waals surface area contributed by atoms with Gasteiger partial charge >= 0.3 is 0 Å². The second-order valence-corrected chi connectivity index (χ2v) is 5.65. The zero-order valence-corrected chi connectivity index (χ0v) is 12.0. The van der Waals surface area contributed by atoms with Crippen LogP contribution in [0.25, 0.3) is 32.7 Å². The molecule has 2 aromatic heterocycles. The van der Waals surface area contributed by atoms with Crippen LogP contribution in [0.3, 0.4) is 0 Å². The second kappa shape index (κ2) is 5.11. The molecule has 0 aliphatic carbocycles. The molecule has 0 aliphatic heterocycles. The predicted octanol–water partition coefficient (Wildman–Crippen LogP) is 5.03. The average Bonchev–Trinajstić information content (AvgIpc) is 2.99. The summed E-state index contributed by atoms with van der Waals surface area (Å²) >= 11 is 1.67. The van der Waals surface area contributed by atoms with Crippen molar-refractivity contribution in [3.8, 4) is 22.5 Å². The van der Waals surface area contributed by atoms with Crippen LogP contribution in [-0.4, -0.2) is 9.97 Å². The van der Waals surface area contributed by atoms with Gasteiger partial charge < -0.3 is 0 Å². The molecule has 2 aromatic carbocycles. The van der Waals surface area contributed by atoms with E-state index in [0.717, 1.165) is 21.6 Å². The molecule has 4 rings (SSSR count). The monoisotopic (exact) mass is 288 g/mol. The lowest BCUT2D eigenvalue weighted by atomic mass is 10.1. The Morgan fingerprint density at radius 1 is 0.762 bits per heavy atom. The molecule has 0 bridgehead atoms. The first-order valence-corrected chi connectivity index (χ1v) is 7.65. The van der Waals surface area contributed by atoms with Gasteiger partial charge in [0, 0.05) is 28.1 Å². The normalized spacial score (nSPS) is 10.9. The van der Waals surface area contributed by atoms with E-state index in [2.05, 4.69) is 34.6 Å². The van der Waals surface area contributed by atoms with Crippen LogP contribution < -0.4 is 0 Å². The van der Waals surface area contributed by atoms with E-state index in [1.54, 1.807) is 11.3 Å². The Morgan fingerprint density at radius 2 is 1.43 bits per heavy atom. The van der Waals surface area contributed by atoms with Crippen LogP contribution in [0, 0.1) is 0 Å². The highest BCUT2D eigenvalue weighted by atomic mass is 32.1. The molecule has 0 saturated carbocycles. The number of nitrogens with zero attached hydrogens (tertiary/aromatic N) is 2. The standard InChI is InChI=1S/C18H12N2S/c1-3-7-13(8-4-1)16-12-21-18-15(16)11-19-17(20-18)14-9-5-2-6-10-14/h1-12H. The lowest BCUT2D eigenvalue weighted by Gasteiger charge is -2.01. The maximum atomic E-state index is 4.70. The fraction of sp³-hybridized carbons (Fsp3) is 0. The molecule has 2 heterocycles. The van der Waals surface area contributed by atoms with Crippen molar-refractivity contribution in [3.63, 3.8) is 0 Å². The Kier molecular flexibility index (Phi) is 2.98. The minimum Gasteiger partial charge on any atom is -0.236 e. The van der Waals surface area contributed by atoms with E-state index in [4.69, 9.17) is 4.98 Å². The van der Waals surface area contributed by atoms with E-state index < -0.39 is 0 Å². The zero-order valence-electron chi connectivity index (χ0n) is 11.2.